The van der Waals surface area contributed by atoms with Crippen molar-refractivity contribution in [1.82, 2.24) is 15.1 Å². The molecule has 0 radical (unpaired) electrons. The van der Waals surface area contributed by atoms with E-state index in [1.165, 1.54) is 12.1 Å². The van der Waals surface area contributed by atoms with Crippen LogP contribution in [0.3, 0.4) is 0 Å². The summed E-state index contributed by atoms with van der Waals surface area (Å²) in [6, 6.07) is 3.58. The van der Waals surface area contributed by atoms with Gasteiger partial charge in [-0.2, -0.15) is 13.2 Å². The van der Waals surface area contributed by atoms with Crippen molar-refractivity contribution in [3.05, 3.63) is 24.3 Å². The molecule has 10 nitrogen and oxygen atoms in total. The third-order valence-electron chi connectivity index (χ3n) is 5.21. The summed E-state index contributed by atoms with van der Waals surface area (Å²) in [5.41, 5.74) is 0.792. The van der Waals surface area contributed by atoms with Gasteiger partial charge >= 0.3 is 12.3 Å². The molecule has 1 aromatic rings. The summed E-state index contributed by atoms with van der Waals surface area (Å²) in [7, 11) is 0. The van der Waals surface area contributed by atoms with Gasteiger partial charge in [-0.05, 0) is 24.6 Å². The van der Waals surface area contributed by atoms with Gasteiger partial charge in [0.1, 0.15) is 12.1 Å². The van der Waals surface area contributed by atoms with Crippen molar-refractivity contribution in [3.8, 4) is 0 Å². The van der Waals surface area contributed by atoms with Crippen molar-refractivity contribution in [2.45, 2.75) is 31.1 Å². The van der Waals surface area contributed by atoms with Crippen LogP contribution in [0, 0.1) is 0 Å². The zero-order valence-electron chi connectivity index (χ0n) is 16.8. The minimum Gasteiger partial charge on any atom is -0.465 e. The topological polar surface area (TPSA) is 131 Å². The number of nitrogens with one attached hydrogen (secondary N) is 3. The van der Waals surface area contributed by atoms with Crippen molar-refractivity contribution in [2.24, 2.45) is 0 Å². The van der Waals surface area contributed by atoms with Crippen LogP contribution in [0.25, 0.3) is 0 Å². The normalized spacial score (nSPS) is 22.3. The van der Waals surface area contributed by atoms with Crippen molar-refractivity contribution in [3.63, 3.8) is 0 Å². The summed E-state index contributed by atoms with van der Waals surface area (Å²) in [5.74, 6) is -1.51. The Morgan fingerprint density at radius 2 is 1.91 bits per heavy atom. The predicted octanol–water partition coefficient (Wildman–Crippen LogP) is 1.07. The van der Waals surface area contributed by atoms with Crippen LogP contribution in [-0.4, -0.2) is 83.2 Å². The first-order valence-corrected chi connectivity index (χ1v) is 9.81. The third-order valence-corrected chi connectivity index (χ3v) is 5.21. The molecule has 2 atom stereocenters. The number of piperidine rings is 1. The molecule has 2 aliphatic heterocycles. The summed E-state index contributed by atoms with van der Waals surface area (Å²) in [6.45, 7) is -1.71. The lowest BCUT2D eigenvalue weighted by Crippen LogP contribution is -2.61. The molecule has 0 spiro atoms. The average molecular weight is 457 g/mol. The lowest BCUT2D eigenvalue weighted by atomic mass is 10.1. The Morgan fingerprint density at radius 1 is 1.19 bits per heavy atom. The summed E-state index contributed by atoms with van der Waals surface area (Å²) >= 11 is 0. The highest BCUT2D eigenvalue weighted by Gasteiger charge is 2.47. The van der Waals surface area contributed by atoms with Crippen LogP contribution in [0.5, 0.6) is 0 Å². The van der Waals surface area contributed by atoms with Gasteiger partial charge in [0.05, 0.1) is 6.54 Å². The molecule has 174 valence electrons. The highest BCUT2D eigenvalue weighted by atomic mass is 19.4. The second-order valence-corrected chi connectivity index (χ2v) is 7.53. The van der Waals surface area contributed by atoms with E-state index in [4.69, 9.17) is 5.11 Å². The van der Waals surface area contributed by atoms with Crippen LogP contribution in [0.4, 0.5) is 29.3 Å². The second-order valence-electron chi connectivity index (χ2n) is 7.53. The first kappa shape index (κ1) is 23.3. The number of rotatable bonds is 5. The number of alkyl halides is 3. The number of benzene rings is 1. The number of amides is 4. The average Bonchev–Trinajstić information content (AvgIpc) is 2.69. The standard InChI is InChI=1S/C19H22F3N5O5/c20-19(21,22)14-9-27(18(31)32)7-6-26(14)10-16(29)24-12-3-1-2-11(8-12)23-13-4-5-15(28)25-17(13)30/h1-3,8,13-14,23H,4-7,9-10H2,(H,24,29)(H,31,32)(H,25,28,30)/t13?,14-/m1/s1. The van der Waals surface area contributed by atoms with E-state index in [9.17, 15) is 32.3 Å². The first-order chi connectivity index (χ1) is 15.0. The van der Waals surface area contributed by atoms with Gasteiger partial charge in [-0.1, -0.05) is 6.07 Å². The van der Waals surface area contributed by atoms with Gasteiger partial charge in [0, 0.05) is 37.4 Å². The molecule has 3 rings (SSSR count). The van der Waals surface area contributed by atoms with E-state index in [1.807, 2.05) is 0 Å². The number of anilines is 2. The van der Waals surface area contributed by atoms with E-state index in [0.717, 1.165) is 4.90 Å². The summed E-state index contributed by atoms with van der Waals surface area (Å²) in [6.07, 6.45) is -5.64. The maximum atomic E-state index is 13.4. The first-order valence-electron chi connectivity index (χ1n) is 9.81. The van der Waals surface area contributed by atoms with Crippen LogP contribution in [-0.2, 0) is 14.4 Å². The van der Waals surface area contributed by atoms with E-state index in [0.29, 0.717) is 22.7 Å². The van der Waals surface area contributed by atoms with Crippen LogP contribution in [0.1, 0.15) is 12.8 Å². The van der Waals surface area contributed by atoms with E-state index < -0.39 is 49.3 Å². The number of carboxylic acid groups (broad SMARTS) is 1. The zero-order valence-corrected chi connectivity index (χ0v) is 16.8. The van der Waals surface area contributed by atoms with Crippen molar-refractivity contribution < 1.29 is 37.5 Å². The fourth-order valence-electron chi connectivity index (χ4n) is 3.60. The Labute approximate surface area is 180 Å². The molecule has 0 aliphatic carbocycles. The molecule has 4 N–H and O–H groups in total. The van der Waals surface area contributed by atoms with Crippen molar-refractivity contribution in [1.29, 1.82) is 0 Å². The third kappa shape index (κ3) is 5.87. The number of carbonyl (C=O) groups excluding carboxylic acids is 3. The van der Waals surface area contributed by atoms with Gasteiger partial charge in [-0.15, -0.1) is 0 Å². The maximum Gasteiger partial charge on any atom is 0.407 e. The Hall–Kier alpha value is -3.35. The van der Waals surface area contributed by atoms with Crippen LogP contribution >= 0.6 is 0 Å². The molecule has 2 fully saturated rings. The highest BCUT2D eigenvalue weighted by molar-refractivity contribution is 6.01. The molecule has 2 heterocycles. The number of hydrogen-bond donors (Lipinski definition) is 4. The summed E-state index contributed by atoms with van der Waals surface area (Å²) in [4.78, 5) is 48.1. The molecular weight excluding hydrogens is 435 g/mol. The Balaban J connectivity index is 1.61. The molecule has 4 amide bonds. The Morgan fingerprint density at radius 3 is 2.56 bits per heavy atom. The molecule has 13 heteroatoms. The smallest absolute Gasteiger partial charge is 0.407 e. The lowest BCUT2D eigenvalue weighted by molar-refractivity contribution is -0.194. The number of imide groups is 1. The molecule has 1 unspecified atom stereocenters. The molecule has 0 saturated carbocycles. The molecular formula is C19H22F3N5O5. The van der Waals surface area contributed by atoms with Gasteiger partial charge in [-0.25, -0.2) is 4.79 Å². The molecule has 32 heavy (non-hydrogen) atoms. The lowest BCUT2D eigenvalue weighted by Gasteiger charge is -2.40. The molecule has 0 aromatic heterocycles. The number of piperazine rings is 1. The summed E-state index contributed by atoms with van der Waals surface area (Å²) < 4.78 is 40.1. The van der Waals surface area contributed by atoms with E-state index in [2.05, 4.69) is 16.0 Å². The van der Waals surface area contributed by atoms with Crippen LogP contribution in [0.15, 0.2) is 24.3 Å². The van der Waals surface area contributed by atoms with E-state index in [-0.39, 0.29) is 25.4 Å². The summed E-state index contributed by atoms with van der Waals surface area (Å²) in [5, 5.41) is 16.7. The highest BCUT2D eigenvalue weighted by Crippen LogP contribution is 2.28. The molecule has 2 aliphatic rings. The number of hydrogen-bond acceptors (Lipinski definition) is 6. The molecule has 2 saturated heterocycles. The number of carbonyl (C=O) groups is 4. The number of nitrogens with zero attached hydrogens (tertiary/aromatic N) is 2. The van der Waals surface area contributed by atoms with Gasteiger partial charge in [0.2, 0.25) is 17.7 Å². The van der Waals surface area contributed by atoms with Gasteiger partial charge in [0.15, 0.2) is 0 Å². The van der Waals surface area contributed by atoms with Gasteiger partial charge < -0.3 is 20.6 Å². The monoisotopic (exact) mass is 457 g/mol. The Kier molecular flexibility index (Phi) is 6.87. The predicted molar refractivity (Wildman–Crippen MR) is 106 cm³/mol. The maximum absolute atomic E-state index is 13.4. The van der Waals surface area contributed by atoms with Gasteiger partial charge in [-0.3, -0.25) is 24.6 Å². The van der Waals surface area contributed by atoms with E-state index in [1.54, 1.807) is 12.1 Å². The fourth-order valence-corrected chi connectivity index (χ4v) is 3.60. The Bertz CT molecular complexity index is 910. The van der Waals surface area contributed by atoms with Gasteiger partial charge in [0.25, 0.3) is 0 Å². The largest absolute Gasteiger partial charge is 0.465 e. The minimum absolute atomic E-state index is 0.138. The van der Waals surface area contributed by atoms with Crippen LogP contribution < -0.4 is 16.0 Å². The number of halogens is 3. The SMILES string of the molecule is O=C1CCC(Nc2cccc(NC(=O)CN3CCN(C(=O)O)C[C@@H]3C(F)(F)F)c2)C(=O)N1. The van der Waals surface area contributed by atoms with E-state index >= 15 is 0 Å². The quantitative estimate of drug-likeness (QED) is 0.487. The van der Waals surface area contributed by atoms with Crippen molar-refractivity contribution >= 4 is 35.2 Å². The second kappa shape index (κ2) is 9.42. The fraction of sp³-hybridized carbons (Fsp3) is 0.474. The van der Waals surface area contributed by atoms with Crippen molar-refractivity contribution in [2.75, 3.05) is 36.8 Å². The minimum atomic E-state index is -4.69. The molecule has 1 aromatic carbocycles. The molecule has 0 bridgehead atoms. The zero-order chi connectivity index (χ0) is 23.5. The van der Waals surface area contributed by atoms with Crippen LogP contribution in [0.2, 0.25) is 0 Å².